The number of piperidine rings is 1. The van der Waals surface area contributed by atoms with E-state index in [1.807, 2.05) is 11.8 Å². The first-order valence-corrected chi connectivity index (χ1v) is 12.5. The number of halogens is 3. The van der Waals surface area contributed by atoms with Gasteiger partial charge in [0.2, 0.25) is 0 Å². The number of alkyl halides is 3. The van der Waals surface area contributed by atoms with E-state index in [1.54, 1.807) is 18.2 Å². The van der Waals surface area contributed by atoms with E-state index >= 15 is 0 Å². The Morgan fingerprint density at radius 3 is 2.68 bits per heavy atom. The summed E-state index contributed by atoms with van der Waals surface area (Å²) in [6.07, 6.45) is -1.08. The Kier molecular flexibility index (Phi) is 6.65. The van der Waals surface area contributed by atoms with Crippen molar-refractivity contribution in [3.63, 3.8) is 0 Å². The van der Waals surface area contributed by atoms with Crippen LogP contribution in [0.2, 0.25) is 0 Å². The lowest BCUT2D eigenvalue weighted by Gasteiger charge is -2.35. The molecule has 0 atom stereocenters. The zero-order chi connectivity index (χ0) is 26.3. The number of hydrogen-bond acceptors (Lipinski definition) is 6. The van der Waals surface area contributed by atoms with Crippen LogP contribution in [0.15, 0.2) is 24.4 Å². The Labute approximate surface area is 213 Å². The van der Waals surface area contributed by atoms with Gasteiger partial charge in [0.05, 0.1) is 23.2 Å². The van der Waals surface area contributed by atoms with E-state index in [1.165, 1.54) is 0 Å². The summed E-state index contributed by atoms with van der Waals surface area (Å²) in [4.78, 5) is 24.5. The highest BCUT2D eigenvalue weighted by atomic mass is 19.4. The molecule has 1 saturated heterocycles. The molecule has 1 amide bonds. The van der Waals surface area contributed by atoms with Gasteiger partial charge in [0.1, 0.15) is 17.2 Å². The number of aromatic amines is 1. The third kappa shape index (κ3) is 4.79. The van der Waals surface area contributed by atoms with Gasteiger partial charge in [-0.1, -0.05) is 0 Å². The van der Waals surface area contributed by atoms with Crippen LogP contribution in [0.5, 0.6) is 5.75 Å². The average Bonchev–Trinajstić information content (AvgIpc) is 3.52. The predicted octanol–water partition coefficient (Wildman–Crippen LogP) is 4.86. The highest BCUT2D eigenvalue weighted by Crippen LogP contribution is 2.41. The first kappa shape index (κ1) is 25.2. The van der Waals surface area contributed by atoms with E-state index in [2.05, 4.69) is 39.6 Å². The van der Waals surface area contributed by atoms with Crippen molar-refractivity contribution in [3.8, 4) is 5.75 Å². The van der Waals surface area contributed by atoms with Crippen molar-refractivity contribution in [2.45, 2.75) is 38.4 Å². The highest BCUT2D eigenvalue weighted by molar-refractivity contribution is 5.98. The van der Waals surface area contributed by atoms with E-state index in [0.717, 1.165) is 24.6 Å². The van der Waals surface area contributed by atoms with Crippen LogP contribution in [0.25, 0.3) is 11.0 Å². The molecule has 0 aliphatic carbocycles. The summed E-state index contributed by atoms with van der Waals surface area (Å²) in [5.41, 5.74) is 1.79. The van der Waals surface area contributed by atoms with Gasteiger partial charge in [-0.05, 0) is 46.0 Å². The number of nitrogens with zero attached hydrogens (tertiary/aromatic N) is 3. The third-order valence-corrected chi connectivity index (χ3v) is 7.15. The average molecular weight is 517 g/mol. The van der Waals surface area contributed by atoms with E-state index in [0.29, 0.717) is 67.2 Å². The molecule has 0 radical (unpaired) electrons. The summed E-state index contributed by atoms with van der Waals surface area (Å²) in [5, 5.41) is 6.21. The molecular weight excluding hydrogens is 485 g/mol. The molecule has 2 aliphatic heterocycles. The first-order chi connectivity index (χ1) is 17.7. The predicted molar refractivity (Wildman–Crippen MR) is 137 cm³/mol. The zero-order valence-electron chi connectivity index (χ0n) is 21.1. The maximum atomic E-state index is 13.5. The number of anilines is 3. The minimum Gasteiger partial charge on any atom is -0.491 e. The molecule has 5 rings (SSSR count). The standard InChI is InChI=1S/C26H31F3N6O2/c1-4-30-20-13-21(33-24-22(20)18(14-31-24)26(27,28)29)32-19-6-5-17(16-9-12-37-23(16)19)25(36)35-10-7-15(8-11-35)34(2)3/h5-6,13-15H,4,7-12H2,1-3H3,(H3,30,31,32,33). The van der Waals surface area contributed by atoms with Gasteiger partial charge in [0, 0.05) is 61.2 Å². The Hall–Kier alpha value is -3.47. The molecule has 0 spiro atoms. The van der Waals surface area contributed by atoms with Crippen LogP contribution in [0.3, 0.4) is 0 Å². The Morgan fingerprint density at radius 2 is 2.00 bits per heavy atom. The van der Waals surface area contributed by atoms with Crippen molar-refractivity contribution in [1.82, 2.24) is 19.8 Å². The topological polar surface area (TPSA) is 85.5 Å². The van der Waals surface area contributed by atoms with Gasteiger partial charge in [0.25, 0.3) is 5.91 Å². The minimum absolute atomic E-state index is 0.000334. The van der Waals surface area contributed by atoms with Crippen molar-refractivity contribution in [2.75, 3.05) is 51.0 Å². The van der Waals surface area contributed by atoms with Crippen LogP contribution in [-0.2, 0) is 12.6 Å². The zero-order valence-corrected chi connectivity index (χ0v) is 21.1. The summed E-state index contributed by atoms with van der Waals surface area (Å²) in [5.74, 6) is 0.954. The van der Waals surface area contributed by atoms with Crippen LogP contribution < -0.4 is 15.4 Å². The van der Waals surface area contributed by atoms with Crippen LogP contribution >= 0.6 is 0 Å². The summed E-state index contributed by atoms with van der Waals surface area (Å²) < 4.78 is 46.5. The summed E-state index contributed by atoms with van der Waals surface area (Å²) in [6, 6.07) is 5.62. The molecule has 37 heavy (non-hydrogen) atoms. The Morgan fingerprint density at radius 1 is 1.24 bits per heavy atom. The molecule has 198 valence electrons. The van der Waals surface area contributed by atoms with Gasteiger partial charge >= 0.3 is 6.18 Å². The van der Waals surface area contributed by atoms with Gasteiger partial charge in [-0.2, -0.15) is 13.2 Å². The molecule has 3 aromatic rings. The van der Waals surface area contributed by atoms with E-state index < -0.39 is 11.7 Å². The number of nitrogens with one attached hydrogen (secondary N) is 3. The maximum Gasteiger partial charge on any atom is 0.418 e. The van der Waals surface area contributed by atoms with Gasteiger partial charge in [-0.15, -0.1) is 0 Å². The van der Waals surface area contributed by atoms with Gasteiger partial charge in [0.15, 0.2) is 0 Å². The third-order valence-electron chi connectivity index (χ3n) is 7.15. The number of ether oxygens (including phenoxy) is 1. The number of aromatic nitrogens is 2. The summed E-state index contributed by atoms with van der Waals surface area (Å²) in [6.45, 7) is 4.15. The van der Waals surface area contributed by atoms with E-state index in [-0.39, 0.29) is 16.9 Å². The number of rotatable bonds is 6. The molecule has 2 aromatic heterocycles. The molecule has 4 heterocycles. The van der Waals surface area contributed by atoms with Gasteiger partial charge in [-0.25, -0.2) is 4.98 Å². The van der Waals surface area contributed by atoms with Crippen molar-refractivity contribution in [1.29, 1.82) is 0 Å². The second kappa shape index (κ2) is 9.77. The van der Waals surface area contributed by atoms with Crippen molar-refractivity contribution in [3.05, 3.63) is 41.1 Å². The van der Waals surface area contributed by atoms with E-state index in [9.17, 15) is 18.0 Å². The maximum absolute atomic E-state index is 13.5. The second-order valence-corrected chi connectivity index (χ2v) is 9.69. The largest absolute Gasteiger partial charge is 0.491 e. The van der Waals surface area contributed by atoms with Crippen LogP contribution in [-0.4, -0.2) is 72.1 Å². The molecular formula is C26H31F3N6O2. The first-order valence-electron chi connectivity index (χ1n) is 12.5. The lowest BCUT2D eigenvalue weighted by molar-refractivity contribution is -0.136. The molecule has 1 fully saturated rings. The Balaban J connectivity index is 1.43. The lowest BCUT2D eigenvalue weighted by Crippen LogP contribution is -2.44. The van der Waals surface area contributed by atoms with Crippen LogP contribution in [0.1, 0.15) is 41.3 Å². The summed E-state index contributed by atoms with van der Waals surface area (Å²) in [7, 11) is 4.13. The molecule has 11 heteroatoms. The van der Waals surface area contributed by atoms with Crippen molar-refractivity contribution in [2.24, 2.45) is 0 Å². The SMILES string of the molecule is CCNc1cc(Nc2ccc(C(=O)N3CCC(N(C)C)CC3)c3c2OCC3)nc2[nH]cc(C(F)(F)F)c12. The summed E-state index contributed by atoms with van der Waals surface area (Å²) >= 11 is 0. The number of pyridine rings is 1. The number of fused-ring (bicyclic) bond motifs is 2. The molecule has 0 bridgehead atoms. The molecule has 3 N–H and O–H groups in total. The lowest BCUT2D eigenvalue weighted by atomic mass is 9.99. The molecule has 0 saturated carbocycles. The van der Waals surface area contributed by atoms with Gasteiger partial charge < -0.3 is 30.2 Å². The van der Waals surface area contributed by atoms with Crippen molar-refractivity contribution >= 4 is 34.1 Å². The number of hydrogen-bond donors (Lipinski definition) is 3. The van der Waals surface area contributed by atoms with Crippen LogP contribution in [0, 0.1) is 0 Å². The van der Waals surface area contributed by atoms with Gasteiger partial charge in [-0.3, -0.25) is 4.79 Å². The van der Waals surface area contributed by atoms with Crippen LogP contribution in [0.4, 0.5) is 30.4 Å². The highest BCUT2D eigenvalue weighted by Gasteiger charge is 2.35. The minimum atomic E-state index is -4.50. The number of amides is 1. The number of likely N-dealkylation sites (tertiary alicyclic amines) is 1. The smallest absolute Gasteiger partial charge is 0.418 e. The van der Waals surface area contributed by atoms with E-state index in [4.69, 9.17) is 4.74 Å². The Bertz CT molecular complexity index is 1310. The molecule has 1 aromatic carbocycles. The number of H-pyrrole nitrogens is 1. The number of benzene rings is 1. The van der Waals surface area contributed by atoms with Crippen molar-refractivity contribution < 1.29 is 22.7 Å². The second-order valence-electron chi connectivity index (χ2n) is 9.69. The molecule has 2 aliphatic rings. The molecule has 0 unspecified atom stereocenters. The monoisotopic (exact) mass is 516 g/mol. The number of carbonyl (C=O) groups is 1. The normalized spacial score (nSPS) is 16.2. The fraction of sp³-hybridized carbons (Fsp3) is 0.462. The fourth-order valence-electron chi connectivity index (χ4n) is 5.24. The molecule has 8 nitrogen and oxygen atoms in total. The number of carbonyl (C=O) groups excluding carboxylic acids is 1. The fourth-order valence-corrected chi connectivity index (χ4v) is 5.24. The quantitative estimate of drug-likeness (QED) is 0.434.